The Labute approximate surface area is 118 Å². The van der Waals surface area contributed by atoms with Crippen LogP contribution >= 0.6 is 0 Å². The zero-order valence-corrected chi connectivity index (χ0v) is 12.0. The monoisotopic (exact) mass is 282 g/mol. The molecule has 4 atom stereocenters. The van der Waals surface area contributed by atoms with Crippen molar-refractivity contribution >= 4 is 12.0 Å². The number of carboxylic acid groups (broad SMARTS) is 1. The molecule has 6 nitrogen and oxygen atoms in total. The zero-order valence-electron chi connectivity index (χ0n) is 12.0. The minimum absolute atomic E-state index is 0.0389. The summed E-state index contributed by atoms with van der Waals surface area (Å²) >= 11 is 0. The summed E-state index contributed by atoms with van der Waals surface area (Å²) in [5.74, 6) is -0.821. The van der Waals surface area contributed by atoms with Crippen LogP contribution in [0.15, 0.2) is 0 Å². The molecule has 0 aromatic heterocycles. The highest BCUT2D eigenvalue weighted by Gasteiger charge is 2.60. The lowest BCUT2D eigenvalue weighted by Crippen LogP contribution is -2.67. The van der Waals surface area contributed by atoms with Crippen molar-refractivity contribution in [3.05, 3.63) is 0 Å². The number of urea groups is 1. The van der Waals surface area contributed by atoms with Crippen LogP contribution < -0.4 is 5.32 Å². The molecule has 4 unspecified atom stereocenters. The number of hydrogen-bond donors (Lipinski definition) is 2. The van der Waals surface area contributed by atoms with Gasteiger partial charge in [0.15, 0.2) is 0 Å². The van der Waals surface area contributed by atoms with Crippen molar-refractivity contribution in [2.45, 2.75) is 38.8 Å². The number of carbonyl (C=O) groups is 2. The van der Waals surface area contributed by atoms with Crippen LogP contribution in [0.4, 0.5) is 4.79 Å². The Hall–Kier alpha value is -1.30. The fraction of sp³-hybridized carbons (Fsp3) is 0.857. The van der Waals surface area contributed by atoms with Crippen molar-refractivity contribution in [1.29, 1.82) is 0 Å². The van der Waals surface area contributed by atoms with Crippen molar-refractivity contribution in [1.82, 2.24) is 10.2 Å². The number of aliphatic carboxylic acids is 1. The predicted molar refractivity (Wildman–Crippen MR) is 71.3 cm³/mol. The number of likely N-dealkylation sites (tertiary alicyclic amines) is 1. The molecule has 6 heteroatoms. The first kappa shape index (κ1) is 13.7. The quantitative estimate of drug-likeness (QED) is 0.789. The number of fused-ring (bicyclic) bond motifs is 1. The van der Waals surface area contributed by atoms with Crippen LogP contribution in [-0.2, 0) is 9.53 Å². The number of hydrogen-bond acceptors (Lipinski definition) is 3. The maximum atomic E-state index is 12.3. The Kier molecular flexibility index (Phi) is 3.16. The zero-order chi connectivity index (χ0) is 14.5. The third-order valence-corrected chi connectivity index (χ3v) is 5.20. The SMILES string of the molecule is CC1(C)C(NC(=O)N2CCC(C(=O)O)C2)C2CCOC21. The third-order valence-electron chi connectivity index (χ3n) is 5.20. The summed E-state index contributed by atoms with van der Waals surface area (Å²) in [7, 11) is 0. The standard InChI is InChI=1S/C14H22N2O4/c1-14(2)10(9-4-6-20-11(9)14)15-13(19)16-5-3-8(7-16)12(17)18/h8-11H,3-7H2,1-2H3,(H,15,19)(H,17,18). The molecule has 112 valence electrons. The highest BCUT2D eigenvalue weighted by Crippen LogP contribution is 2.52. The van der Waals surface area contributed by atoms with Crippen LogP contribution in [-0.4, -0.2) is 53.8 Å². The smallest absolute Gasteiger partial charge is 0.317 e. The molecule has 0 aromatic carbocycles. The average Bonchev–Trinajstić information content (AvgIpc) is 3.03. The molecule has 2 saturated heterocycles. The van der Waals surface area contributed by atoms with Gasteiger partial charge in [-0.05, 0) is 12.8 Å². The molecular formula is C14H22N2O4. The van der Waals surface area contributed by atoms with Gasteiger partial charge in [0.25, 0.3) is 0 Å². The molecule has 1 aliphatic carbocycles. The molecule has 3 rings (SSSR count). The minimum Gasteiger partial charge on any atom is -0.481 e. The molecule has 2 aliphatic heterocycles. The first-order valence-corrected chi connectivity index (χ1v) is 7.31. The topological polar surface area (TPSA) is 78.9 Å². The van der Waals surface area contributed by atoms with E-state index in [9.17, 15) is 9.59 Å². The van der Waals surface area contributed by atoms with Crippen LogP contribution in [0.2, 0.25) is 0 Å². The summed E-state index contributed by atoms with van der Waals surface area (Å²) in [5, 5.41) is 12.1. The Morgan fingerprint density at radius 2 is 2.10 bits per heavy atom. The van der Waals surface area contributed by atoms with Gasteiger partial charge in [-0.15, -0.1) is 0 Å². The number of nitrogens with one attached hydrogen (secondary N) is 1. The number of rotatable bonds is 2. The van der Waals surface area contributed by atoms with E-state index in [1.807, 2.05) is 0 Å². The Balaban J connectivity index is 1.59. The van der Waals surface area contributed by atoms with Gasteiger partial charge in [0.05, 0.1) is 12.0 Å². The minimum atomic E-state index is -0.812. The van der Waals surface area contributed by atoms with E-state index in [1.165, 1.54) is 0 Å². The van der Waals surface area contributed by atoms with E-state index in [0.29, 0.717) is 25.4 Å². The third kappa shape index (κ3) is 1.97. The first-order chi connectivity index (χ1) is 9.41. The maximum absolute atomic E-state index is 12.3. The van der Waals surface area contributed by atoms with Gasteiger partial charge in [-0.25, -0.2) is 4.79 Å². The second-order valence-electron chi connectivity index (χ2n) is 6.76. The van der Waals surface area contributed by atoms with Gasteiger partial charge in [-0.1, -0.05) is 13.8 Å². The van der Waals surface area contributed by atoms with Crippen LogP contribution in [0.1, 0.15) is 26.7 Å². The largest absolute Gasteiger partial charge is 0.481 e. The molecule has 2 N–H and O–H groups in total. The van der Waals surface area contributed by atoms with E-state index >= 15 is 0 Å². The fourth-order valence-corrected chi connectivity index (χ4v) is 3.99. The Morgan fingerprint density at radius 1 is 1.35 bits per heavy atom. The van der Waals surface area contributed by atoms with Gasteiger partial charge < -0.3 is 20.1 Å². The van der Waals surface area contributed by atoms with Crippen molar-refractivity contribution in [3.8, 4) is 0 Å². The average molecular weight is 282 g/mol. The van der Waals surface area contributed by atoms with Gasteiger partial charge in [-0.3, -0.25) is 4.79 Å². The number of nitrogens with zero attached hydrogens (tertiary/aromatic N) is 1. The van der Waals surface area contributed by atoms with Crippen molar-refractivity contribution < 1.29 is 19.4 Å². The van der Waals surface area contributed by atoms with Crippen LogP contribution in [0, 0.1) is 17.3 Å². The van der Waals surface area contributed by atoms with E-state index in [1.54, 1.807) is 4.90 Å². The highest BCUT2D eigenvalue weighted by atomic mass is 16.5. The molecule has 2 heterocycles. The number of carboxylic acids is 1. The highest BCUT2D eigenvalue weighted by molar-refractivity contribution is 5.77. The Morgan fingerprint density at radius 3 is 2.75 bits per heavy atom. The molecule has 0 aromatic rings. The number of amides is 2. The van der Waals surface area contributed by atoms with Gasteiger partial charge >= 0.3 is 12.0 Å². The van der Waals surface area contributed by atoms with E-state index in [0.717, 1.165) is 13.0 Å². The molecule has 0 spiro atoms. The van der Waals surface area contributed by atoms with Crippen molar-refractivity contribution in [2.24, 2.45) is 17.3 Å². The first-order valence-electron chi connectivity index (χ1n) is 7.31. The summed E-state index contributed by atoms with van der Waals surface area (Å²) < 4.78 is 5.71. The lowest BCUT2D eigenvalue weighted by atomic mass is 9.57. The molecule has 0 bridgehead atoms. The second-order valence-corrected chi connectivity index (χ2v) is 6.76. The van der Waals surface area contributed by atoms with E-state index in [-0.39, 0.29) is 23.6 Å². The molecule has 3 fully saturated rings. The Bertz CT molecular complexity index is 437. The van der Waals surface area contributed by atoms with Gasteiger partial charge in [-0.2, -0.15) is 0 Å². The van der Waals surface area contributed by atoms with Crippen molar-refractivity contribution in [3.63, 3.8) is 0 Å². The van der Waals surface area contributed by atoms with Crippen LogP contribution in [0.25, 0.3) is 0 Å². The lowest BCUT2D eigenvalue weighted by Gasteiger charge is -2.54. The van der Waals surface area contributed by atoms with E-state index in [2.05, 4.69) is 19.2 Å². The van der Waals surface area contributed by atoms with E-state index < -0.39 is 11.9 Å². The summed E-state index contributed by atoms with van der Waals surface area (Å²) in [5.41, 5.74) is -0.0389. The molecule has 3 aliphatic rings. The van der Waals surface area contributed by atoms with Crippen LogP contribution in [0.3, 0.4) is 0 Å². The van der Waals surface area contributed by atoms with Gasteiger partial charge in [0.1, 0.15) is 0 Å². The summed E-state index contributed by atoms with van der Waals surface area (Å²) in [4.78, 5) is 24.8. The lowest BCUT2D eigenvalue weighted by molar-refractivity contribution is -0.141. The van der Waals surface area contributed by atoms with Crippen molar-refractivity contribution in [2.75, 3.05) is 19.7 Å². The van der Waals surface area contributed by atoms with Gasteiger partial charge in [0, 0.05) is 37.1 Å². The summed E-state index contributed by atoms with van der Waals surface area (Å²) in [6.07, 6.45) is 1.79. The number of carbonyl (C=O) groups excluding carboxylic acids is 1. The summed E-state index contributed by atoms with van der Waals surface area (Å²) in [6.45, 7) is 5.86. The predicted octanol–water partition coefficient (Wildman–Crippen LogP) is 0.916. The van der Waals surface area contributed by atoms with Crippen LogP contribution in [0.5, 0.6) is 0 Å². The maximum Gasteiger partial charge on any atom is 0.317 e. The van der Waals surface area contributed by atoms with Gasteiger partial charge in [0.2, 0.25) is 0 Å². The van der Waals surface area contributed by atoms with E-state index in [4.69, 9.17) is 9.84 Å². The molecule has 20 heavy (non-hydrogen) atoms. The summed E-state index contributed by atoms with van der Waals surface area (Å²) in [6, 6.07) is 0.00329. The second kappa shape index (κ2) is 4.62. The number of ether oxygens (including phenoxy) is 1. The molecule has 2 amide bonds. The fourth-order valence-electron chi connectivity index (χ4n) is 3.99. The molecule has 1 saturated carbocycles. The molecule has 0 radical (unpaired) electrons. The molecular weight excluding hydrogens is 260 g/mol. The normalized spacial score (nSPS) is 38.2.